The summed E-state index contributed by atoms with van der Waals surface area (Å²) in [4.78, 5) is 0. The van der Waals surface area contributed by atoms with Crippen LogP contribution in [0.2, 0.25) is 0 Å². The van der Waals surface area contributed by atoms with E-state index < -0.39 is 24.6 Å². The summed E-state index contributed by atoms with van der Waals surface area (Å²) in [6, 6.07) is 1.58. The van der Waals surface area contributed by atoms with Gasteiger partial charge >= 0.3 is 6.18 Å². The second-order valence-electron chi connectivity index (χ2n) is 2.26. The maximum Gasteiger partial charge on any atom is 0.414 e. The fourth-order valence-electron chi connectivity index (χ4n) is 0.576. The predicted octanol–water partition coefficient (Wildman–Crippen LogP) is 1.63. The summed E-state index contributed by atoms with van der Waals surface area (Å²) in [5.41, 5.74) is 0. The maximum absolute atomic E-state index is 11.7. The van der Waals surface area contributed by atoms with Crippen LogP contribution in [-0.4, -0.2) is 17.4 Å². The Balaban J connectivity index is 4.09. The number of rotatable bonds is 3. The van der Waals surface area contributed by atoms with E-state index in [9.17, 15) is 13.2 Å². The molecule has 0 aromatic carbocycles. The minimum Gasteiger partial charge on any atom is -0.384 e. The van der Waals surface area contributed by atoms with Gasteiger partial charge in [0.25, 0.3) is 0 Å². The van der Waals surface area contributed by atoms with Crippen LogP contribution in [0.4, 0.5) is 13.2 Å². The molecule has 0 radical (unpaired) electrons. The van der Waals surface area contributed by atoms with Gasteiger partial charge in [-0.2, -0.15) is 18.4 Å². The van der Waals surface area contributed by atoms with Crippen molar-refractivity contribution in [3.05, 3.63) is 12.7 Å². The fourth-order valence-corrected chi connectivity index (χ4v) is 0.576. The molecule has 68 valence electrons. The number of allylic oxidation sites excluding steroid dienone is 1. The summed E-state index contributed by atoms with van der Waals surface area (Å²) in [6.07, 6.45) is -6.67. The zero-order valence-corrected chi connectivity index (χ0v) is 6.17. The standard InChI is InChI=1S/C7H8F3NO/c1-2-5(4-11)3-6(12)7(8,9)10/h2,5-6,12H,1,3H2/t5-,6+/m1/s1. The average molecular weight is 179 g/mol. The predicted molar refractivity (Wildman–Crippen MR) is 36.0 cm³/mol. The van der Waals surface area contributed by atoms with E-state index in [1.165, 1.54) is 0 Å². The molecular formula is C7H8F3NO. The molecule has 0 spiro atoms. The van der Waals surface area contributed by atoms with Crippen LogP contribution in [0.3, 0.4) is 0 Å². The van der Waals surface area contributed by atoms with Gasteiger partial charge in [0, 0.05) is 6.42 Å². The number of aliphatic hydroxyl groups excluding tert-OH is 1. The van der Waals surface area contributed by atoms with Crippen LogP contribution in [0, 0.1) is 17.2 Å². The van der Waals surface area contributed by atoms with Crippen LogP contribution in [0.15, 0.2) is 12.7 Å². The van der Waals surface area contributed by atoms with E-state index in [1.807, 2.05) is 0 Å². The van der Waals surface area contributed by atoms with Gasteiger partial charge in [-0.05, 0) is 0 Å². The SMILES string of the molecule is C=C[C@@H](C#N)C[C@H](O)C(F)(F)F. The molecule has 2 nitrogen and oxygen atoms in total. The Morgan fingerprint density at radius 3 is 2.33 bits per heavy atom. The molecule has 0 amide bonds. The number of alkyl halides is 3. The lowest BCUT2D eigenvalue weighted by molar-refractivity contribution is -0.206. The van der Waals surface area contributed by atoms with Crippen molar-refractivity contribution in [3.63, 3.8) is 0 Å². The summed E-state index contributed by atoms with van der Waals surface area (Å²) in [5, 5.41) is 16.7. The largest absolute Gasteiger partial charge is 0.414 e. The van der Waals surface area contributed by atoms with Gasteiger partial charge in [-0.1, -0.05) is 6.08 Å². The smallest absolute Gasteiger partial charge is 0.384 e. The molecule has 0 saturated heterocycles. The Morgan fingerprint density at radius 2 is 2.08 bits per heavy atom. The molecule has 0 bridgehead atoms. The topological polar surface area (TPSA) is 44.0 Å². The third-order valence-corrected chi connectivity index (χ3v) is 1.31. The zero-order chi connectivity index (χ0) is 9.78. The number of aliphatic hydroxyl groups is 1. The van der Waals surface area contributed by atoms with E-state index >= 15 is 0 Å². The molecule has 0 heterocycles. The normalized spacial score (nSPS) is 16.2. The van der Waals surface area contributed by atoms with Gasteiger partial charge in [0.1, 0.15) is 0 Å². The average Bonchev–Trinajstić information content (AvgIpc) is 1.97. The minimum atomic E-state index is -4.65. The molecule has 0 aliphatic carbocycles. The molecule has 0 aromatic rings. The van der Waals surface area contributed by atoms with Crippen LogP contribution in [0.25, 0.3) is 0 Å². The quantitative estimate of drug-likeness (QED) is 0.669. The van der Waals surface area contributed by atoms with E-state index in [4.69, 9.17) is 10.4 Å². The van der Waals surface area contributed by atoms with E-state index in [2.05, 4.69) is 6.58 Å². The number of halogens is 3. The Hall–Kier alpha value is -1.02. The molecule has 12 heavy (non-hydrogen) atoms. The lowest BCUT2D eigenvalue weighted by Gasteiger charge is -2.14. The highest BCUT2D eigenvalue weighted by molar-refractivity contribution is 4.97. The van der Waals surface area contributed by atoms with Gasteiger partial charge in [-0.15, -0.1) is 6.58 Å². The van der Waals surface area contributed by atoms with Crippen molar-refractivity contribution in [1.29, 1.82) is 5.26 Å². The molecule has 5 heteroatoms. The number of hydrogen-bond acceptors (Lipinski definition) is 2. The molecule has 0 unspecified atom stereocenters. The van der Waals surface area contributed by atoms with Gasteiger partial charge < -0.3 is 5.11 Å². The summed E-state index contributed by atoms with van der Waals surface area (Å²) >= 11 is 0. The van der Waals surface area contributed by atoms with Crippen molar-refractivity contribution in [2.75, 3.05) is 0 Å². The lowest BCUT2D eigenvalue weighted by atomic mass is 10.0. The summed E-state index contributed by atoms with van der Waals surface area (Å²) in [7, 11) is 0. The molecular weight excluding hydrogens is 171 g/mol. The van der Waals surface area contributed by atoms with Gasteiger partial charge in [0.2, 0.25) is 0 Å². The Bertz CT molecular complexity index is 194. The maximum atomic E-state index is 11.7. The van der Waals surface area contributed by atoms with E-state index in [1.54, 1.807) is 6.07 Å². The van der Waals surface area contributed by atoms with Gasteiger partial charge in [-0.3, -0.25) is 0 Å². The van der Waals surface area contributed by atoms with Gasteiger partial charge in [0.05, 0.1) is 12.0 Å². The van der Waals surface area contributed by atoms with Crippen molar-refractivity contribution in [2.45, 2.75) is 18.7 Å². The van der Waals surface area contributed by atoms with Crippen LogP contribution in [0.5, 0.6) is 0 Å². The molecule has 0 fully saturated rings. The Morgan fingerprint density at radius 1 is 1.58 bits per heavy atom. The Labute approximate surface area is 67.9 Å². The van der Waals surface area contributed by atoms with Crippen LogP contribution < -0.4 is 0 Å². The fraction of sp³-hybridized carbons (Fsp3) is 0.571. The first-order chi connectivity index (χ1) is 5.41. The summed E-state index contributed by atoms with van der Waals surface area (Å²) in [6.45, 7) is 3.17. The van der Waals surface area contributed by atoms with Crippen molar-refractivity contribution in [1.82, 2.24) is 0 Å². The van der Waals surface area contributed by atoms with E-state index in [0.717, 1.165) is 6.08 Å². The third kappa shape index (κ3) is 3.39. The third-order valence-electron chi connectivity index (χ3n) is 1.31. The van der Waals surface area contributed by atoms with Crippen LogP contribution in [-0.2, 0) is 0 Å². The molecule has 1 N–H and O–H groups in total. The molecule has 2 atom stereocenters. The highest BCUT2D eigenvalue weighted by atomic mass is 19.4. The van der Waals surface area contributed by atoms with Gasteiger partial charge in [-0.25, -0.2) is 0 Å². The summed E-state index contributed by atoms with van der Waals surface area (Å²) in [5.74, 6) is -0.957. The highest BCUT2D eigenvalue weighted by Crippen LogP contribution is 2.24. The molecule has 0 aliphatic rings. The molecule has 0 aromatic heterocycles. The second kappa shape index (κ2) is 4.12. The minimum absolute atomic E-state index is 0.649. The molecule has 0 rings (SSSR count). The first-order valence-electron chi connectivity index (χ1n) is 3.18. The molecule has 0 saturated carbocycles. The molecule has 0 aliphatic heterocycles. The van der Waals surface area contributed by atoms with Crippen molar-refractivity contribution < 1.29 is 18.3 Å². The van der Waals surface area contributed by atoms with Crippen molar-refractivity contribution in [2.24, 2.45) is 5.92 Å². The van der Waals surface area contributed by atoms with Crippen LogP contribution in [0.1, 0.15) is 6.42 Å². The lowest BCUT2D eigenvalue weighted by Crippen LogP contribution is -2.30. The first-order valence-corrected chi connectivity index (χ1v) is 3.18. The number of nitrogens with zero attached hydrogens (tertiary/aromatic N) is 1. The zero-order valence-electron chi connectivity index (χ0n) is 6.17. The first kappa shape index (κ1) is 11.0. The van der Waals surface area contributed by atoms with Crippen molar-refractivity contribution in [3.8, 4) is 6.07 Å². The number of nitriles is 1. The Kier molecular flexibility index (Phi) is 3.77. The highest BCUT2D eigenvalue weighted by Gasteiger charge is 2.38. The monoisotopic (exact) mass is 179 g/mol. The second-order valence-corrected chi connectivity index (χ2v) is 2.26. The number of hydrogen-bond donors (Lipinski definition) is 1. The summed E-state index contributed by atoms with van der Waals surface area (Å²) < 4.78 is 35.1. The van der Waals surface area contributed by atoms with Gasteiger partial charge in [0.15, 0.2) is 6.10 Å². The van der Waals surface area contributed by atoms with E-state index in [-0.39, 0.29) is 0 Å². The van der Waals surface area contributed by atoms with Crippen LogP contribution >= 0.6 is 0 Å². The van der Waals surface area contributed by atoms with E-state index in [0.29, 0.717) is 0 Å². The van der Waals surface area contributed by atoms with Crippen molar-refractivity contribution >= 4 is 0 Å².